The molecule has 2 unspecified atom stereocenters. The lowest BCUT2D eigenvalue weighted by atomic mass is 9.87. The highest BCUT2D eigenvalue weighted by molar-refractivity contribution is 4.78. The first-order chi connectivity index (χ1) is 4.22. The Morgan fingerprint density at radius 2 is 1.56 bits per heavy atom. The first kappa shape index (κ1) is 6.97. The standard InChI is InChI=1S/C7H12F2/c1-5-6(8)3-2-4-7(5)9/h5-7H,2-4H2,1H3/t5?,6-,7?/m1/s1. The van der Waals surface area contributed by atoms with Crippen molar-refractivity contribution in [3.05, 3.63) is 0 Å². The lowest BCUT2D eigenvalue weighted by Gasteiger charge is -2.25. The SMILES string of the molecule is CC1C(F)CCC[C@H]1F. The minimum absolute atomic E-state index is 0.362. The van der Waals surface area contributed by atoms with Crippen molar-refractivity contribution in [3.8, 4) is 0 Å². The van der Waals surface area contributed by atoms with Crippen LogP contribution in [0, 0.1) is 5.92 Å². The van der Waals surface area contributed by atoms with Gasteiger partial charge in [-0.25, -0.2) is 8.78 Å². The Bertz CT molecular complexity index is 82.9. The molecule has 0 heterocycles. The Labute approximate surface area is 54.3 Å². The third-order valence-electron chi connectivity index (χ3n) is 2.10. The zero-order valence-corrected chi connectivity index (χ0v) is 5.61. The molecule has 1 fully saturated rings. The maximum atomic E-state index is 12.6. The maximum absolute atomic E-state index is 12.6. The minimum atomic E-state index is -0.895. The molecule has 2 heteroatoms. The molecule has 1 rings (SSSR count). The number of alkyl halides is 2. The lowest BCUT2D eigenvalue weighted by Crippen LogP contribution is -2.28. The summed E-state index contributed by atoms with van der Waals surface area (Å²) in [4.78, 5) is 0. The van der Waals surface area contributed by atoms with Gasteiger partial charge in [0.05, 0.1) is 0 Å². The predicted octanol–water partition coefficient (Wildman–Crippen LogP) is 2.48. The van der Waals surface area contributed by atoms with E-state index in [-0.39, 0.29) is 5.92 Å². The molecular formula is C7H12F2. The highest BCUT2D eigenvalue weighted by Crippen LogP contribution is 2.28. The van der Waals surface area contributed by atoms with E-state index in [1.54, 1.807) is 6.92 Å². The fourth-order valence-corrected chi connectivity index (χ4v) is 1.26. The van der Waals surface area contributed by atoms with Crippen LogP contribution in [0.4, 0.5) is 8.78 Å². The van der Waals surface area contributed by atoms with Crippen molar-refractivity contribution >= 4 is 0 Å². The summed E-state index contributed by atoms with van der Waals surface area (Å²) in [7, 11) is 0. The van der Waals surface area contributed by atoms with E-state index in [0.717, 1.165) is 0 Å². The van der Waals surface area contributed by atoms with E-state index in [1.807, 2.05) is 0 Å². The molecule has 0 nitrogen and oxygen atoms in total. The normalized spacial score (nSPS) is 45.0. The Morgan fingerprint density at radius 3 is 1.89 bits per heavy atom. The van der Waals surface area contributed by atoms with E-state index in [1.165, 1.54) is 0 Å². The molecular weight excluding hydrogens is 122 g/mol. The highest BCUT2D eigenvalue weighted by atomic mass is 19.1. The van der Waals surface area contributed by atoms with Crippen LogP contribution in [0.25, 0.3) is 0 Å². The second-order valence-electron chi connectivity index (χ2n) is 2.82. The molecule has 54 valence electrons. The second-order valence-corrected chi connectivity index (χ2v) is 2.82. The molecule has 0 saturated heterocycles. The van der Waals surface area contributed by atoms with Gasteiger partial charge in [-0.05, 0) is 19.3 Å². The fraction of sp³-hybridized carbons (Fsp3) is 1.00. The fourth-order valence-electron chi connectivity index (χ4n) is 1.26. The molecule has 0 bridgehead atoms. The van der Waals surface area contributed by atoms with Gasteiger partial charge in [0.2, 0.25) is 0 Å². The van der Waals surface area contributed by atoms with Crippen LogP contribution in [0.3, 0.4) is 0 Å². The van der Waals surface area contributed by atoms with Crippen LogP contribution in [0.2, 0.25) is 0 Å². The molecule has 1 aliphatic rings. The van der Waals surface area contributed by atoms with Crippen LogP contribution < -0.4 is 0 Å². The van der Waals surface area contributed by atoms with Crippen LogP contribution in [0.1, 0.15) is 26.2 Å². The zero-order valence-electron chi connectivity index (χ0n) is 5.61. The van der Waals surface area contributed by atoms with Gasteiger partial charge in [-0.15, -0.1) is 0 Å². The van der Waals surface area contributed by atoms with Crippen molar-refractivity contribution in [2.45, 2.75) is 38.5 Å². The van der Waals surface area contributed by atoms with E-state index >= 15 is 0 Å². The third kappa shape index (κ3) is 1.41. The maximum Gasteiger partial charge on any atom is 0.105 e. The summed E-state index contributed by atoms with van der Waals surface area (Å²) >= 11 is 0. The number of hydrogen-bond donors (Lipinski definition) is 0. The third-order valence-corrected chi connectivity index (χ3v) is 2.10. The van der Waals surface area contributed by atoms with Gasteiger partial charge in [-0.3, -0.25) is 0 Å². The second kappa shape index (κ2) is 2.63. The predicted molar refractivity (Wildman–Crippen MR) is 32.8 cm³/mol. The monoisotopic (exact) mass is 134 g/mol. The number of halogens is 2. The van der Waals surface area contributed by atoms with Crippen molar-refractivity contribution in [2.75, 3.05) is 0 Å². The van der Waals surface area contributed by atoms with Gasteiger partial charge < -0.3 is 0 Å². The van der Waals surface area contributed by atoms with Crippen molar-refractivity contribution < 1.29 is 8.78 Å². The first-order valence-electron chi connectivity index (χ1n) is 3.50. The highest BCUT2D eigenvalue weighted by Gasteiger charge is 2.29. The van der Waals surface area contributed by atoms with Crippen molar-refractivity contribution in [1.82, 2.24) is 0 Å². The topological polar surface area (TPSA) is 0 Å². The quantitative estimate of drug-likeness (QED) is 0.477. The molecule has 1 saturated carbocycles. The van der Waals surface area contributed by atoms with Crippen molar-refractivity contribution in [1.29, 1.82) is 0 Å². The molecule has 0 aromatic heterocycles. The summed E-state index contributed by atoms with van der Waals surface area (Å²) in [5, 5.41) is 0. The first-order valence-corrected chi connectivity index (χ1v) is 3.50. The van der Waals surface area contributed by atoms with E-state index in [2.05, 4.69) is 0 Å². The molecule has 0 spiro atoms. The average Bonchev–Trinajstić information content (AvgIpc) is 1.83. The van der Waals surface area contributed by atoms with E-state index < -0.39 is 12.3 Å². The van der Waals surface area contributed by atoms with Gasteiger partial charge in [0.1, 0.15) is 12.3 Å². The van der Waals surface area contributed by atoms with Crippen LogP contribution in [-0.2, 0) is 0 Å². The number of hydrogen-bond acceptors (Lipinski definition) is 0. The van der Waals surface area contributed by atoms with Crippen molar-refractivity contribution in [2.24, 2.45) is 5.92 Å². The van der Waals surface area contributed by atoms with E-state index in [0.29, 0.717) is 19.3 Å². The Balaban J connectivity index is 2.41. The van der Waals surface area contributed by atoms with Gasteiger partial charge in [-0.2, -0.15) is 0 Å². The van der Waals surface area contributed by atoms with Crippen LogP contribution in [0.5, 0.6) is 0 Å². The molecule has 0 aliphatic heterocycles. The molecule has 9 heavy (non-hydrogen) atoms. The molecule has 0 radical (unpaired) electrons. The lowest BCUT2D eigenvalue weighted by molar-refractivity contribution is 0.0882. The van der Waals surface area contributed by atoms with Crippen molar-refractivity contribution in [3.63, 3.8) is 0 Å². The molecule has 3 atom stereocenters. The average molecular weight is 134 g/mol. The van der Waals surface area contributed by atoms with Crippen LogP contribution in [0.15, 0.2) is 0 Å². The molecule has 0 amide bonds. The molecule has 0 aromatic carbocycles. The summed E-state index contributed by atoms with van der Waals surface area (Å²) < 4.78 is 25.2. The number of rotatable bonds is 0. The molecule has 0 N–H and O–H groups in total. The summed E-state index contributed by atoms with van der Waals surface area (Å²) in [6, 6.07) is 0. The smallest absolute Gasteiger partial charge is 0.105 e. The summed E-state index contributed by atoms with van der Waals surface area (Å²) in [6.45, 7) is 1.65. The van der Waals surface area contributed by atoms with Gasteiger partial charge in [0, 0.05) is 5.92 Å². The van der Waals surface area contributed by atoms with Crippen LogP contribution in [-0.4, -0.2) is 12.3 Å². The van der Waals surface area contributed by atoms with Crippen LogP contribution >= 0.6 is 0 Å². The summed E-state index contributed by atoms with van der Waals surface area (Å²) in [5.74, 6) is -0.362. The largest absolute Gasteiger partial charge is 0.247 e. The van der Waals surface area contributed by atoms with E-state index in [4.69, 9.17) is 0 Å². The Morgan fingerprint density at radius 1 is 1.11 bits per heavy atom. The van der Waals surface area contributed by atoms with Gasteiger partial charge >= 0.3 is 0 Å². The molecule has 1 aliphatic carbocycles. The Kier molecular flexibility index (Phi) is 2.04. The van der Waals surface area contributed by atoms with Gasteiger partial charge in [0.15, 0.2) is 0 Å². The summed E-state index contributed by atoms with van der Waals surface area (Å²) in [5.41, 5.74) is 0. The summed E-state index contributed by atoms with van der Waals surface area (Å²) in [6.07, 6.45) is 0.0399. The minimum Gasteiger partial charge on any atom is -0.247 e. The Hall–Kier alpha value is -0.140. The molecule has 0 aromatic rings. The van der Waals surface area contributed by atoms with Gasteiger partial charge in [-0.1, -0.05) is 6.92 Å². The zero-order chi connectivity index (χ0) is 6.85. The van der Waals surface area contributed by atoms with E-state index in [9.17, 15) is 8.78 Å². The van der Waals surface area contributed by atoms with Gasteiger partial charge in [0.25, 0.3) is 0 Å².